The van der Waals surface area contributed by atoms with Crippen molar-refractivity contribution in [3.05, 3.63) is 48.3 Å². The van der Waals surface area contributed by atoms with Crippen LogP contribution in [0.2, 0.25) is 0 Å². The van der Waals surface area contributed by atoms with Gasteiger partial charge in [0.1, 0.15) is 11.6 Å². The second kappa shape index (κ2) is 9.08. The number of halogens is 1. The number of amides is 2. The number of carbonyl (C=O) groups is 2. The van der Waals surface area contributed by atoms with Gasteiger partial charge in [-0.2, -0.15) is 0 Å². The first-order chi connectivity index (χ1) is 12.0. The third-order valence-electron chi connectivity index (χ3n) is 3.22. The van der Waals surface area contributed by atoms with Crippen molar-refractivity contribution < 1.29 is 18.7 Å². The fourth-order valence-corrected chi connectivity index (χ4v) is 3.00. The van der Waals surface area contributed by atoms with Crippen LogP contribution in [0.3, 0.4) is 0 Å². The number of thioether (sulfide) groups is 1. The van der Waals surface area contributed by atoms with E-state index in [1.807, 2.05) is 0 Å². The molecule has 0 saturated carbocycles. The number of methoxy groups -OCH3 is 1. The second-order valence-electron chi connectivity index (χ2n) is 5.17. The zero-order valence-electron chi connectivity index (χ0n) is 14.0. The Balaban J connectivity index is 1.91. The van der Waals surface area contributed by atoms with Crippen LogP contribution in [0.4, 0.5) is 15.8 Å². The molecule has 2 aromatic carbocycles. The maximum absolute atomic E-state index is 13.5. The van der Waals surface area contributed by atoms with Crippen LogP contribution in [-0.4, -0.2) is 24.7 Å². The van der Waals surface area contributed by atoms with E-state index in [4.69, 9.17) is 4.74 Å². The number of nitrogens with one attached hydrogen (secondary N) is 2. The minimum atomic E-state index is -0.289. The van der Waals surface area contributed by atoms with Crippen molar-refractivity contribution in [2.24, 2.45) is 0 Å². The largest absolute Gasteiger partial charge is 0.495 e. The molecule has 2 N–H and O–H groups in total. The molecule has 25 heavy (non-hydrogen) atoms. The summed E-state index contributed by atoms with van der Waals surface area (Å²) in [6.07, 6.45) is 0.237. The molecule has 7 heteroatoms. The summed E-state index contributed by atoms with van der Waals surface area (Å²) in [6.45, 7) is 1.39. The summed E-state index contributed by atoms with van der Waals surface area (Å²) in [6, 6.07) is 11.4. The second-order valence-corrected chi connectivity index (χ2v) is 6.31. The zero-order valence-corrected chi connectivity index (χ0v) is 14.8. The number of anilines is 2. The van der Waals surface area contributed by atoms with Crippen LogP contribution in [0.5, 0.6) is 5.75 Å². The Morgan fingerprint density at radius 3 is 2.60 bits per heavy atom. The highest BCUT2D eigenvalue weighted by molar-refractivity contribution is 7.99. The van der Waals surface area contributed by atoms with Gasteiger partial charge in [0.2, 0.25) is 11.8 Å². The van der Waals surface area contributed by atoms with Crippen molar-refractivity contribution in [2.45, 2.75) is 18.2 Å². The van der Waals surface area contributed by atoms with E-state index >= 15 is 0 Å². The Kier molecular flexibility index (Phi) is 6.82. The molecular formula is C18H19FN2O3S. The first-order valence-electron chi connectivity index (χ1n) is 7.62. The lowest BCUT2D eigenvalue weighted by molar-refractivity contribution is -0.116. The minimum Gasteiger partial charge on any atom is -0.495 e. The average Bonchev–Trinajstić information content (AvgIpc) is 2.56. The molecule has 0 bridgehead atoms. The van der Waals surface area contributed by atoms with Gasteiger partial charge in [0.25, 0.3) is 0 Å². The highest BCUT2D eigenvalue weighted by Gasteiger charge is 2.09. The van der Waals surface area contributed by atoms with Crippen molar-refractivity contribution in [1.82, 2.24) is 0 Å². The monoisotopic (exact) mass is 362 g/mol. The molecule has 5 nitrogen and oxygen atoms in total. The van der Waals surface area contributed by atoms with Crippen LogP contribution in [0.1, 0.15) is 13.3 Å². The summed E-state index contributed by atoms with van der Waals surface area (Å²) >= 11 is 1.29. The molecule has 0 atom stereocenters. The van der Waals surface area contributed by atoms with E-state index in [9.17, 15) is 14.0 Å². The molecule has 2 rings (SSSR count). The number of benzene rings is 2. The van der Waals surface area contributed by atoms with Gasteiger partial charge in [-0.15, -0.1) is 11.8 Å². The first-order valence-corrected chi connectivity index (χ1v) is 8.61. The van der Waals surface area contributed by atoms with E-state index in [0.717, 1.165) is 0 Å². The van der Waals surface area contributed by atoms with Crippen molar-refractivity contribution in [2.75, 3.05) is 23.5 Å². The van der Waals surface area contributed by atoms with Gasteiger partial charge in [0.05, 0.1) is 12.8 Å². The van der Waals surface area contributed by atoms with E-state index in [0.29, 0.717) is 27.8 Å². The van der Waals surface area contributed by atoms with Crippen LogP contribution >= 0.6 is 11.8 Å². The molecule has 0 radical (unpaired) electrons. The van der Waals surface area contributed by atoms with Gasteiger partial charge >= 0.3 is 0 Å². The Morgan fingerprint density at radius 2 is 1.92 bits per heavy atom. The molecule has 0 aliphatic heterocycles. The van der Waals surface area contributed by atoms with Gasteiger partial charge in [-0.3, -0.25) is 9.59 Å². The lowest BCUT2D eigenvalue weighted by Gasteiger charge is -2.12. The minimum absolute atomic E-state index is 0.192. The molecule has 2 amide bonds. The van der Waals surface area contributed by atoms with Crippen LogP contribution in [0.25, 0.3) is 0 Å². The van der Waals surface area contributed by atoms with Crippen molar-refractivity contribution in [1.29, 1.82) is 0 Å². The van der Waals surface area contributed by atoms with E-state index in [2.05, 4.69) is 10.6 Å². The van der Waals surface area contributed by atoms with Crippen LogP contribution < -0.4 is 15.4 Å². The average molecular weight is 362 g/mol. The Hall–Kier alpha value is -2.54. The zero-order chi connectivity index (χ0) is 18.2. The third-order valence-corrected chi connectivity index (χ3v) is 4.27. The van der Waals surface area contributed by atoms with E-state index in [1.165, 1.54) is 31.9 Å². The molecule has 0 aliphatic carbocycles. The predicted octanol–water partition coefficient (Wildman–Crippen LogP) is 3.91. The highest BCUT2D eigenvalue weighted by Crippen LogP contribution is 2.28. The van der Waals surface area contributed by atoms with Gasteiger partial charge in [0, 0.05) is 29.7 Å². The number of hydrogen-bond acceptors (Lipinski definition) is 4. The van der Waals surface area contributed by atoms with E-state index in [1.54, 1.807) is 36.4 Å². The molecule has 0 aliphatic rings. The van der Waals surface area contributed by atoms with E-state index < -0.39 is 0 Å². The number of rotatable bonds is 7. The molecule has 0 fully saturated rings. The van der Waals surface area contributed by atoms with E-state index in [-0.39, 0.29) is 24.1 Å². The summed E-state index contributed by atoms with van der Waals surface area (Å²) in [7, 11) is 1.50. The van der Waals surface area contributed by atoms with Gasteiger partial charge in [0.15, 0.2) is 0 Å². The Labute approximate surface area is 150 Å². The van der Waals surface area contributed by atoms with Crippen molar-refractivity contribution >= 4 is 35.0 Å². The summed E-state index contributed by atoms with van der Waals surface area (Å²) in [5.74, 6) is 0.249. The highest BCUT2D eigenvalue weighted by atomic mass is 32.2. The Bertz CT molecular complexity index is 768. The van der Waals surface area contributed by atoms with Gasteiger partial charge in [-0.05, 0) is 30.3 Å². The van der Waals surface area contributed by atoms with Crippen LogP contribution in [0.15, 0.2) is 47.4 Å². The normalized spacial score (nSPS) is 10.2. The number of hydrogen-bond donors (Lipinski definition) is 2. The molecule has 0 saturated heterocycles. The van der Waals surface area contributed by atoms with Crippen LogP contribution in [0, 0.1) is 5.82 Å². The summed E-state index contributed by atoms with van der Waals surface area (Å²) < 4.78 is 18.7. The SMILES string of the molecule is COc1ccc(NC(=O)CCSc2ccccc2F)cc1NC(C)=O. The Morgan fingerprint density at radius 1 is 1.16 bits per heavy atom. The fourth-order valence-electron chi connectivity index (χ4n) is 2.11. The number of ether oxygens (including phenoxy) is 1. The topological polar surface area (TPSA) is 67.4 Å². The molecule has 0 aromatic heterocycles. The first kappa shape index (κ1) is 18.8. The summed E-state index contributed by atoms with van der Waals surface area (Å²) in [4.78, 5) is 23.8. The predicted molar refractivity (Wildman–Crippen MR) is 97.7 cm³/mol. The third kappa shape index (κ3) is 5.79. The quantitative estimate of drug-likeness (QED) is 0.733. The van der Waals surface area contributed by atoms with Crippen molar-refractivity contribution in [3.8, 4) is 5.75 Å². The lowest BCUT2D eigenvalue weighted by Crippen LogP contribution is -2.13. The van der Waals surface area contributed by atoms with Gasteiger partial charge in [-0.1, -0.05) is 12.1 Å². The molecule has 2 aromatic rings. The smallest absolute Gasteiger partial charge is 0.225 e. The molecule has 0 heterocycles. The maximum atomic E-state index is 13.5. The molecule has 132 valence electrons. The summed E-state index contributed by atoms with van der Waals surface area (Å²) in [5, 5.41) is 5.40. The van der Waals surface area contributed by atoms with Crippen molar-refractivity contribution in [3.63, 3.8) is 0 Å². The lowest BCUT2D eigenvalue weighted by atomic mass is 10.2. The van der Waals surface area contributed by atoms with Crippen LogP contribution in [-0.2, 0) is 9.59 Å². The fraction of sp³-hybridized carbons (Fsp3) is 0.222. The van der Waals surface area contributed by atoms with Gasteiger partial charge in [-0.25, -0.2) is 4.39 Å². The maximum Gasteiger partial charge on any atom is 0.225 e. The number of carbonyl (C=O) groups excluding carboxylic acids is 2. The molecule has 0 spiro atoms. The summed E-state index contributed by atoms with van der Waals surface area (Å²) in [5.41, 5.74) is 1.03. The van der Waals surface area contributed by atoms with Gasteiger partial charge < -0.3 is 15.4 Å². The molecule has 0 unspecified atom stereocenters. The standard InChI is InChI=1S/C18H19FN2O3S/c1-12(22)20-15-11-13(7-8-16(15)24-2)21-18(23)9-10-25-17-6-4-3-5-14(17)19/h3-8,11H,9-10H2,1-2H3,(H,20,22)(H,21,23). The molecular weight excluding hydrogens is 343 g/mol.